The van der Waals surface area contributed by atoms with Crippen LogP contribution < -0.4 is 0 Å². The van der Waals surface area contributed by atoms with Gasteiger partial charge in [0.2, 0.25) is 0 Å². The van der Waals surface area contributed by atoms with Crippen LogP contribution in [0.5, 0.6) is 0 Å². The van der Waals surface area contributed by atoms with Gasteiger partial charge in [0.15, 0.2) is 0 Å². The average Bonchev–Trinajstić information content (AvgIpc) is 3.31. The zero-order chi connectivity index (χ0) is 17.4. The Morgan fingerprint density at radius 2 is 1.88 bits per heavy atom. The molecule has 4 nitrogen and oxygen atoms in total. The van der Waals surface area contributed by atoms with Crippen LogP contribution in [0.15, 0.2) is 48.8 Å². The van der Waals surface area contributed by atoms with Crippen LogP contribution in [0.25, 0.3) is 22.0 Å². The Morgan fingerprint density at radius 3 is 2.60 bits per heavy atom. The maximum Gasteiger partial charge on any atom is 0.272 e. The molecule has 2 aromatic heterocycles. The van der Waals surface area contributed by atoms with Gasteiger partial charge >= 0.3 is 0 Å². The molecule has 1 aliphatic carbocycles. The molecule has 0 unspecified atom stereocenters. The largest absolute Gasteiger partial charge is 0.351 e. The first kappa shape index (κ1) is 15.9. The van der Waals surface area contributed by atoms with Crippen molar-refractivity contribution in [2.75, 3.05) is 7.05 Å². The Kier molecular flexibility index (Phi) is 4.04. The first-order valence-electron chi connectivity index (χ1n) is 8.92. The molecule has 128 valence electrons. The van der Waals surface area contributed by atoms with Gasteiger partial charge in [-0.1, -0.05) is 25.0 Å². The molecule has 1 aliphatic rings. The molecule has 3 aromatic rings. The minimum Gasteiger partial charge on any atom is -0.351 e. The van der Waals surface area contributed by atoms with E-state index in [1.165, 1.54) is 23.7 Å². The summed E-state index contributed by atoms with van der Waals surface area (Å²) in [4.78, 5) is 18.9. The van der Waals surface area contributed by atoms with Crippen molar-refractivity contribution in [2.24, 2.45) is 7.05 Å². The lowest BCUT2D eigenvalue weighted by atomic mass is 10.1. The molecular weight excluding hydrogens is 310 g/mol. The Labute approximate surface area is 148 Å². The van der Waals surface area contributed by atoms with E-state index in [4.69, 9.17) is 0 Å². The minimum absolute atomic E-state index is 0.0250. The topological polar surface area (TPSA) is 38.1 Å². The lowest BCUT2D eigenvalue weighted by Crippen LogP contribution is -2.35. The van der Waals surface area contributed by atoms with Crippen molar-refractivity contribution in [1.82, 2.24) is 14.5 Å². The zero-order valence-corrected chi connectivity index (χ0v) is 14.8. The molecule has 0 spiro atoms. The predicted octanol–water partition coefficient (Wildman–Crippen LogP) is 4.25. The third-order valence-corrected chi connectivity index (χ3v) is 5.39. The molecule has 1 aromatic carbocycles. The molecule has 25 heavy (non-hydrogen) atoms. The Balaban J connectivity index is 1.57. The van der Waals surface area contributed by atoms with Crippen molar-refractivity contribution in [3.63, 3.8) is 0 Å². The Hall–Kier alpha value is -2.62. The number of aromatic nitrogens is 2. The lowest BCUT2D eigenvalue weighted by molar-refractivity contribution is 0.0729. The second kappa shape index (κ2) is 6.36. The summed E-state index contributed by atoms with van der Waals surface area (Å²) in [5.41, 5.74) is 3.89. The van der Waals surface area contributed by atoms with E-state index in [2.05, 4.69) is 40.0 Å². The number of pyridine rings is 1. The van der Waals surface area contributed by atoms with E-state index in [1.54, 1.807) is 6.20 Å². The van der Waals surface area contributed by atoms with Gasteiger partial charge in [0.05, 0.1) is 0 Å². The van der Waals surface area contributed by atoms with E-state index < -0.39 is 0 Å². The predicted molar refractivity (Wildman–Crippen MR) is 100 cm³/mol. The molecule has 1 fully saturated rings. The fourth-order valence-electron chi connectivity index (χ4n) is 3.79. The van der Waals surface area contributed by atoms with Gasteiger partial charge < -0.3 is 9.47 Å². The maximum atomic E-state index is 12.6. The third-order valence-electron chi connectivity index (χ3n) is 5.39. The number of aryl methyl sites for hydroxylation is 1. The van der Waals surface area contributed by atoms with Gasteiger partial charge in [0, 0.05) is 49.0 Å². The number of amides is 1. The number of benzene rings is 1. The number of fused-ring (bicyclic) bond motifs is 1. The number of hydrogen-bond acceptors (Lipinski definition) is 2. The van der Waals surface area contributed by atoms with Gasteiger partial charge in [-0.25, -0.2) is 0 Å². The highest BCUT2D eigenvalue weighted by Crippen LogP contribution is 2.26. The quantitative estimate of drug-likeness (QED) is 0.718. The number of rotatable bonds is 3. The summed E-state index contributed by atoms with van der Waals surface area (Å²) in [6.07, 6.45) is 8.52. The summed E-state index contributed by atoms with van der Waals surface area (Å²) >= 11 is 0. The van der Waals surface area contributed by atoms with Crippen LogP contribution >= 0.6 is 0 Å². The van der Waals surface area contributed by atoms with Gasteiger partial charge in [0.1, 0.15) is 5.69 Å². The van der Waals surface area contributed by atoms with Crippen LogP contribution in [-0.4, -0.2) is 33.4 Å². The summed E-state index contributed by atoms with van der Waals surface area (Å²) in [5, 5.41) is 1.21. The fraction of sp³-hybridized carbons (Fsp3) is 0.333. The molecular formula is C21H23N3O. The molecule has 2 heterocycles. The first-order chi connectivity index (χ1) is 12.1. The summed E-state index contributed by atoms with van der Waals surface area (Å²) in [5.74, 6) is 0.0250. The smallest absolute Gasteiger partial charge is 0.272 e. The highest BCUT2D eigenvalue weighted by molar-refractivity contribution is 5.93. The monoisotopic (exact) mass is 333 g/mol. The van der Waals surface area contributed by atoms with Gasteiger partial charge in [-0.2, -0.15) is 0 Å². The number of nitrogens with zero attached hydrogens (tertiary/aromatic N) is 3. The summed E-state index contributed by atoms with van der Waals surface area (Å²) in [7, 11) is 3.95. The van der Waals surface area contributed by atoms with Crippen molar-refractivity contribution >= 4 is 16.8 Å². The zero-order valence-electron chi connectivity index (χ0n) is 14.8. The fourth-order valence-corrected chi connectivity index (χ4v) is 3.79. The molecule has 4 rings (SSSR count). The van der Waals surface area contributed by atoms with E-state index in [-0.39, 0.29) is 5.91 Å². The highest BCUT2D eigenvalue weighted by atomic mass is 16.2. The van der Waals surface area contributed by atoms with Crippen molar-refractivity contribution in [2.45, 2.75) is 31.7 Å². The van der Waals surface area contributed by atoms with Gasteiger partial charge in [-0.3, -0.25) is 9.78 Å². The van der Waals surface area contributed by atoms with E-state index in [0.717, 1.165) is 24.0 Å². The Bertz CT molecular complexity index is 905. The molecule has 0 aliphatic heterocycles. The molecule has 0 radical (unpaired) electrons. The van der Waals surface area contributed by atoms with E-state index in [9.17, 15) is 4.79 Å². The van der Waals surface area contributed by atoms with E-state index in [1.807, 2.05) is 31.1 Å². The second-order valence-corrected chi connectivity index (χ2v) is 6.99. The second-order valence-electron chi connectivity index (χ2n) is 6.99. The number of carbonyl (C=O) groups excluding carboxylic acids is 1. The average molecular weight is 333 g/mol. The molecule has 0 N–H and O–H groups in total. The van der Waals surface area contributed by atoms with Crippen LogP contribution in [0.1, 0.15) is 36.2 Å². The maximum absolute atomic E-state index is 12.6. The van der Waals surface area contributed by atoms with Gasteiger partial charge in [-0.15, -0.1) is 0 Å². The van der Waals surface area contributed by atoms with Crippen molar-refractivity contribution < 1.29 is 4.79 Å². The van der Waals surface area contributed by atoms with E-state index in [0.29, 0.717) is 11.7 Å². The lowest BCUT2D eigenvalue weighted by Gasteiger charge is -2.23. The minimum atomic E-state index is 0.0250. The van der Waals surface area contributed by atoms with Crippen LogP contribution in [-0.2, 0) is 7.05 Å². The summed E-state index contributed by atoms with van der Waals surface area (Å²) < 4.78 is 2.11. The van der Waals surface area contributed by atoms with Crippen LogP contribution in [0, 0.1) is 0 Å². The van der Waals surface area contributed by atoms with Gasteiger partial charge in [0.25, 0.3) is 5.91 Å². The summed E-state index contributed by atoms with van der Waals surface area (Å²) in [6.45, 7) is 0. The SMILES string of the molecule is CN(C(=O)c1ccc(-c2ccc3c(ccn3C)c2)cn1)C1CCCC1. The summed E-state index contributed by atoms with van der Waals surface area (Å²) in [6, 6.07) is 12.7. The van der Waals surface area contributed by atoms with Crippen molar-refractivity contribution in [3.05, 3.63) is 54.5 Å². The van der Waals surface area contributed by atoms with Crippen LogP contribution in [0.3, 0.4) is 0 Å². The Morgan fingerprint density at radius 1 is 1.12 bits per heavy atom. The van der Waals surface area contributed by atoms with E-state index >= 15 is 0 Å². The van der Waals surface area contributed by atoms with Gasteiger partial charge in [-0.05, 0) is 42.7 Å². The molecule has 0 bridgehead atoms. The normalized spacial score (nSPS) is 15.0. The molecule has 4 heteroatoms. The molecule has 1 saturated carbocycles. The van der Waals surface area contributed by atoms with Crippen LogP contribution in [0.4, 0.5) is 0 Å². The highest BCUT2D eigenvalue weighted by Gasteiger charge is 2.24. The molecule has 1 amide bonds. The standard InChI is InChI=1S/C21H23N3O/c1-23-12-11-16-13-15(8-10-20(16)23)17-7-9-19(22-14-17)21(25)24(2)18-5-3-4-6-18/h7-14,18H,3-6H2,1-2H3. The van der Waals surface area contributed by atoms with Crippen molar-refractivity contribution in [3.8, 4) is 11.1 Å². The van der Waals surface area contributed by atoms with Crippen LogP contribution in [0.2, 0.25) is 0 Å². The number of hydrogen-bond donors (Lipinski definition) is 0. The third kappa shape index (κ3) is 2.93. The van der Waals surface area contributed by atoms with Crippen molar-refractivity contribution in [1.29, 1.82) is 0 Å². The molecule has 0 saturated heterocycles. The number of carbonyl (C=O) groups is 1. The first-order valence-corrected chi connectivity index (χ1v) is 8.92. The molecule has 0 atom stereocenters.